The van der Waals surface area contributed by atoms with Crippen LogP contribution in [-0.2, 0) is 32.2 Å². The lowest BCUT2D eigenvalue weighted by atomic mass is 10.0. The van der Waals surface area contributed by atoms with Gasteiger partial charge in [0.15, 0.2) is 0 Å². The van der Waals surface area contributed by atoms with Crippen LogP contribution in [0.3, 0.4) is 0 Å². The van der Waals surface area contributed by atoms with E-state index in [2.05, 4.69) is 22.1 Å². The van der Waals surface area contributed by atoms with Crippen LogP contribution in [0.1, 0.15) is 71.9 Å². The molecule has 2 aliphatic heterocycles. The molecule has 5 atom stereocenters. The van der Waals surface area contributed by atoms with Gasteiger partial charge in [-0.05, 0) is 138 Å². The molecule has 298 valence electrons. The molecule has 1 aliphatic carbocycles. The molecule has 0 spiro atoms. The first-order valence-electron chi connectivity index (χ1n) is 19.4. The van der Waals surface area contributed by atoms with Gasteiger partial charge in [0.05, 0.1) is 0 Å². The SMILES string of the molecule is C=CC[C@@H]1C[C@@H](C(=O)Nc2ccc(CN(Cc3ccc(NC(=O)[C@@H]4[C@H]5C[C@H]5CN4C(=O)OC(C)(C)C)cc3)c3ccc(F)cc3)cc2)N(C(=O)OC(C)(C)C)C1. The number of halogens is 1. The number of likely N-dealkylation sites (tertiary alicyclic amines) is 2. The molecule has 2 heterocycles. The first kappa shape index (κ1) is 40.3. The molecule has 2 N–H and O–H groups in total. The number of rotatable bonds is 11. The van der Waals surface area contributed by atoms with Crippen LogP contribution in [0.5, 0.6) is 0 Å². The van der Waals surface area contributed by atoms with Crippen molar-refractivity contribution in [3.05, 3.63) is 102 Å². The molecule has 2 saturated heterocycles. The van der Waals surface area contributed by atoms with Crippen LogP contribution >= 0.6 is 0 Å². The fourth-order valence-corrected chi connectivity index (χ4v) is 7.57. The number of nitrogens with one attached hydrogen (secondary N) is 2. The summed E-state index contributed by atoms with van der Waals surface area (Å²) >= 11 is 0. The van der Waals surface area contributed by atoms with Crippen LogP contribution < -0.4 is 15.5 Å². The summed E-state index contributed by atoms with van der Waals surface area (Å²) in [6, 6.07) is 20.2. The number of anilines is 3. The minimum atomic E-state index is -0.684. The van der Waals surface area contributed by atoms with Crippen LogP contribution in [0.2, 0.25) is 0 Å². The average molecular weight is 768 g/mol. The van der Waals surface area contributed by atoms with E-state index in [9.17, 15) is 23.6 Å². The Morgan fingerprint density at radius 2 is 1.27 bits per heavy atom. The molecule has 0 aromatic heterocycles. The average Bonchev–Trinajstić information content (AvgIpc) is 3.56. The second-order valence-corrected chi connectivity index (χ2v) is 17.2. The van der Waals surface area contributed by atoms with Crippen molar-refractivity contribution in [2.75, 3.05) is 28.6 Å². The quantitative estimate of drug-likeness (QED) is 0.188. The number of allylic oxidation sites excluding steroid dienone is 1. The van der Waals surface area contributed by atoms with Gasteiger partial charge in [-0.3, -0.25) is 19.4 Å². The van der Waals surface area contributed by atoms with E-state index in [4.69, 9.17) is 9.47 Å². The second-order valence-electron chi connectivity index (χ2n) is 17.2. The molecular weight excluding hydrogens is 714 g/mol. The number of hydrogen-bond donors (Lipinski definition) is 2. The Balaban J connectivity index is 1.10. The third kappa shape index (κ3) is 10.3. The Bertz CT molecular complexity index is 1900. The molecule has 56 heavy (non-hydrogen) atoms. The van der Waals surface area contributed by atoms with Gasteiger partial charge < -0.3 is 25.0 Å². The van der Waals surface area contributed by atoms with Gasteiger partial charge in [0.1, 0.15) is 29.1 Å². The number of nitrogens with zero attached hydrogens (tertiary/aromatic N) is 3. The minimum Gasteiger partial charge on any atom is -0.444 e. The van der Waals surface area contributed by atoms with Gasteiger partial charge in [0.2, 0.25) is 11.8 Å². The fraction of sp³-hybridized carbons (Fsp3) is 0.455. The molecule has 3 aliphatic rings. The van der Waals surface area contributed by atoms with Gasteiger partial charge in [-0.25, -0.2) is 14.0 Å². The van der Waals surface area contributed by atoms with Crippen molar-refractivity contribution in [3.8, 4) is 0 Å². The number of amides is 4. The van der Waals surface area contributed by atoms with Crippen molar-refractivity contribution >= 4 is 41.1 Å². The maximum Gasteiger partial charge on any atom is 0.410 e. The third-order valence-electron chi connectivity index (χ3n) is 10.2. The maximum atomic E-state index is 13.9. The fourth-order valence-electron chi connectivity index (χ4n) is 7.57. The summed E-state index contributed by atoms with van der Waals surface area (Å²) in [6.45, 7) is 16.6. The van der Waals surface area contributed by atoms with Crippen LogP contribution in [0.25, 0.3) is 0 Å². The molecule has 0 bridgehead atoms. The van der Waals surface area contributed by atoms with Gasteiger partial charge in [0.25, 0.3) is 0 Å². The van der Waals surface area contributed by atoms with Crippen molar-refractivity contribution in [1.82, 2.24) is 9.80 Å². The first-order chi connectivity index (χ1) is 26.5. The van der Waals surface area contributed by atoms with Crippen LogP contribution in [-0.4, -0.2) is 70.2 Å². The highest BCUT2D eigenvalue weighted by Crippen LogP contribution is 2.50. The topological polar surface area (TPSA) is 121 Å². The van der Waals surface area contributed by atoms with E-state index in [1.165, 1.54) is 17.0 Å². The Labute approximate surface area is 329 Å². The van der Waals surface area contributed by atoms with Crippen LogP contribution in [0.15, 0.2) is 85.5 Å². The van der Waals surface area contributed by atoms with Crippen LogP contribution in [0.4, 0.5) is 31.0 Å². The third-order valence-corrected chi connectivity index (χ3v) is 10.2. The predicted molar refractivity (Wildman–Crippen MR) is 214 cm³/mol. The smallest absolute Gasteiger partial charge is 0.410 e. The van der Waals surface area contributed by atoms with Crippen molar-refractivity contribution in [3.63, 3.8) is 0 Å². The van der Waals surface area contributed by atoms with E-state index in [-0.39, 0.29) is 29.5 Å². The van der Waals surface area contributed by atoms with Gasteiger partial charge in [-0.15, -0.1) is 6.58 Å². The number of fused-ring (bicyclic) bond motifs is 1. The van der Waals surface area contributed by atoms with Crippen molar-refractivity contribution in [1.29, 1.82) is 0 Å². The molecule has 4 amide bonds. The largest absolute Gasteiger partial charge is 0.444 e. The van der Waals surface area contributed by atoms with Crippen LogP contribution in [0, 0.1) is 23.6 Å². The Hall–Kier alpha value is -5.39. The van der Waals surface area contributed by atoms with E-state index in [0.717, 1.165) is 23.2 Å². The summed E-state index contributed by atoms with van der Waals surface area (Å²) in [6.07, 6.45) is 2.98. The molecule has 0 radical (unpaired) electrons. The van der Waals surface area contributed by atoms with E-state index in [0.29, 0.717) is 56.3 Å². The summed E-state index contributed by atoms with van der Waals surface area (Å²) in [7, 11) is 0. The Morgan fingerprint density at radius 1 is 0.750 bits per heavy atom. The molecule has 3 aromatic carbocycles. The summed E-state index contributed by atoms with van der Waals surface area (Å²) in [4.78, 5) is 58.0. The minimum absolute atomic E-state index is 0.115. The zero-order valence-electron chi connectivity index (χ0n) is 33.2. The predicted octanol–water partition coefficient (Wildman–Crippen LogP) is 8.37. The molecule has 3 fully saturated rings. The number of carbonyl (C=O) groups is 4. The lowest BCUT2D eigenvalue weighted by Gasteiger charge is -2.29. The Kier molecular flexibility index (Phi) is 11.8. The Morgan fingerprint density at radius 3 is 1.79 bits per heavy atom. The molecule has 3 aromatic rings. The van der Waals surface area contributed by atoms with Crippen molar-refractivity contribution in [2.24, 2.45) is 17.8 Å². The molecule has 12 heteroatoms. The molecular formula is C44H54FN5O6. The van der Waals surface area contributed by atoms with Gasteiger partial charge in [-0.1, -0.05) is 30.3 Å². The summed E-state index contributed by atoms with van der Waals surface area (Å²) in [5.41, 5.74) is 2.64. The van der Waals surface area contributed by atoms with Crippen molar-refractivity contribution < 1.29 is 33.0 Å². The van der Waals surface area contributed by atoms with Gasteiger partial charge in [0, 0.05) is 43.2 Å². The lowest BCUT2D eigenvalue weighted by molar-refractivity contribution is -0.121. The molecule has 0 unspecified atom stereocenters. The number of hydrogen-bond acceptors (Lipinski definition) is 7. The number of benzene rings is 3. The van der Waals surface area contributed by atoms with Crippen molar-refractivity contribution in [2.45, 2.75) is 97.2 Å². The first-order valence-corrected chi connectivity index (χ1v) is 19.4. The monoisotopic (exact) mass is 767 g/mol. The van der Waals surface area contributed by atoms with Gasteiger partial charge in [-0.2, -0.15) is 0 Å². The highest BCUT2D eigenvalue weighted by molar-refractivity contribution is 5.98. The lowest BCUT2D eigenvalue weighted by Crippen LogP contribution is -2.47. The van der Waals surface area contributed by atoms with E-state index in [1.807, 2.05) is 75.4 Å². The van der Waals surface area contributed by atoms with E-state index in [1.54, 1.807) is 37.8 Å². The number of carbonyl (C=O) groups excluding carboxylic acids is 4. The summed E-state index contributed by atoms with van der Waals surface area (Å²) in [5, 5.41) is 5.99. The van der Waals surface area contributed by atoms with Gasteiger partial charge >= 0.3 is 12.2 Å². The molecule has 6 rings (SSSR count). The summed E-state index contributed by atoms with van der Waals surface area (Å²) < 4.78 is 25.1. The zero-order chi connectivity index (χ0) is 40.4. The highest BCUT2D eigenvalue weighted by Gasteiger charge is 2.57. The number of piperidine rings is 1. The zero-order valence-corrected chi connectivity index (χ0v) is 33.2. The molecule has 11 nitrogen and oxygen atoms in total. The van der Waals surface area contributed by atoms with E-state index >= 15 is 0 Å². The second kappa shape index (κ2) is 16.4. The molecule has 1 saturated carbocycles. The number of ether oxygens (including phenoxy) is 2. The highest BCUT2D eigenvalue weighted by atomic mass is 19.1. The maximum absolute atomic E-state index is 13.9. The normalized spacial score (nSPS) is 21.5. The van der Waals surface area contributed by atoms with E-state index < -0.39 is 35.5 Å². The standard InChI is InChI=1S/C44H54FN5O6/c1-8-9-30-22-37(49(26-30)41(53)55-43(2,3)4)39(51)46-33-16-10-28(11-17-33)24-48(35-20-14-32(45)15-21-35)25-29-12-18-34(19-13-29)47-40(52)38-36-23-31(36)27-50(38)42(54)56-44(5,6)7/h8,10-21,30-31,36-38H,1,9,22-27H2,2-7H3,(H,46,51)(H,47,52)/t30-,31+,36+,37+,38+/m1/s1. The summed E-state index contributed by atoms with van der Waals surface area (Å²) in [5.74, 6) is -0.234.